The fourth-order valence-corrected chi connectivity index (χ4v) is 1.61. The van der Waals surface area contributed by atoms with Crippen LogP contribution in [0.1, 0.15) is 0 Å². The fourth-order valence-electron chi connectivity index (χ4n) is 0.925. The van der Waals surface area contributed by atoms with E-state index in [4.69, 9.17) is 0 Å². The molecule has 1 nitrogen and oxygen atoms in total. The van der Waals surface area contributed by atoms with Crippen molar-refractivity contribution in [3.8, 4) is 0 Å². The van der Waals surface area contributed by atoms with E-state index in [1.807, 2.05) is 0 Å². The highest BCUT2D eigenvalue weighted by atomic mass is 32.1. The van der Waals surface area contributed by atoms with Crippen LogP contribution < -0.4 is 0 Å². The third kappa shape index (κ3) is 0.896. The molecule has 0 amide bonds. The Hall–Kier alpha value is -1.10. The average molecular weight is 189 g/mol. The largest absolute Gasteiger partial charge is 0.241 e. The fraction of sp³-hybridized carbons (Fsp3) is 0. The van der Waals surface area contributed by atoms with Crippen molar-refractivity contribution in [2.24, 2.45) is 0 Å². The SMILES string of the molecule is Fc1cc(F)c2scnc2c1F. The molecule has 62 valence electrons. The van der Waals surface area contributed by atoms with Crippen LogP contribution >= 0.6 is 11.3 Å². The lowest BCUT2D eigenvalue weighted by molar-refractivity contribution is 0.505. The molecule has 12 heavy (non-hydrogen) atoms. The van der Waals surface area contributed by atoms with E-state index in [0.29, 0.717) is 6.07 Å². The molecule has 0 spiro atoms. The van der Waals surface area contributed by atoms with Gasteiger partial charge in [-0.05, 0) is 0 Å². The number of fused-ring (bicyclic) bond motifs is 1. The molecular formula is C7H2F3NS. The molecule has 1 heterocycles. The molecule has 0 saturated heterocycles. The van der Waals surface area contributed by atoms with Gasteiger partial charge in [-0.15, -0.1) is 11.3 Å². The van der Waals surface area contributed by atoms with Crippen molar-refractivity contribution >= 4 is 21.6 Å². The number of thiazole rings is 1. The van der Waals surface area contributed by atoms with Crippen LogP contribution in [0.25, 0.3) is 10.2 Å². The monoisotopic (exact) mass is 189 g/mol. The molecule has 0 aliphatic heterocycles. The second kappa shape index (κ2) is 2.45. The van der Waals surface area contributed by atoms with Crippen molar-refractivity contribution in [3.63, 3.8) is 0 Å². The van der Waals surface area contributed by atoms with Crippen molar-refractivity contribution in [3.05, 3.63) is 29.0 Å². The third-order valence-electron chi connectivity index (χ3n) is 1.46. The molecule has 0 N–H and O–H groups in total. The van der Waals surface area contributed by atoms with Gasteiger partial charge in [0, 0.05) is 6.07 Å². The maximum absolute atomic E-state index is 12.8. The van der Waals surface area contributed by atoms with Crippen LogP contribution in [0.2, 0.25) is 0 Å². The highest BCUT2D eigenvalue weighted by Gasteiger charge is 2.13. The lowest BCUT2D eigenvalue weighted by Gasteiger charge is -1.94. The molecule has 0 aliphatic carbocycles. The summed E-state index contributed by atoms with van der Waals surface area (Å²) in [5.74, 6) is -3.06. The van der Waals surface area contributed by atoms with Crippen molar-refractivity contribution in [1.29, 1.82) is 0 Å². The zero-order chi connectivity index (χ0) is 8.72. The zero-order valence-electron chi connectivity index (χ0n) is 5.64. The second-order valence-electron chi connectivity index (χ2n) is 2.18. The number of hydrogen-bond donors (Lipinski definition) is 0. The second-order valence-corrected chi connectivity index (χ2v) is 3.04. The van der Waals surface area contributed by atoms with E-state index in [2.05, 4.69) is 4.98 Å². The predicted octanol–water partition coefficient (Wildman–Crippen LogP) is 2.71. The van der Waals surface area contributed by atoms with Gasteiger partial charge < -0.3 is 0 Å². The minimum Gasteiger partial charge on any atom is -0.241 e. The van der Waals surface area contributed by atoms with Crippen LogP contribution in [0, 0.1) is 17.5 Å². The number of aromatic nitrogens is 1. The van der Waals surface area contributed by atoms with E-state index in [-0.39, 0.29) is 10.2 Å². The Morgan fingerprint density at radius 3 is 2.67 bits per heavy atom. The van der Waals surface area contributed by atoms with Crippen LogP contribution in [0.15, 0.2) is 11.6 Å². The van der Waals surface area contributed by atoms with Gasteiger partial charge in [0.15, 0.2) is 11.6 Å². The van der Waals surface area contributed by atoms with Gasteiger partial charge >= 0.3 is 0 Å². The lowest BCUT2D eigenvalue weighted by Crippen LogP contribution is -1.87. The Labute approximate surface area is 69.5 Å². The highest BCUT2D eigenvalue weighted by Crippen LogP contribution is 2.25. The number of hydrogen-bond acceptors (Lipinski definition) is 2. The molecule has 0 saturated carbocycles. The summed E-state index contributed by atoms with van der Waals surface area (Å²) in [5.41, 5.74) is 1.04. The number of halogens is 3. The van der Waals surface area contributed by atoms with Crippen LogP contribution in [0.3, 0.4) is 0 Å². The molecule has 0 bridgehead atoms. The minimum atomic E-state index is -1.20. The summed E-state index contributed by atoms with van der Waals surface area (Å²) in [6.45, 7) is 0. The molecule has 0 aliphatic rings. The maximum atomic E-state index is 12.8. The lowest BCUT2D eigenvalue weighted by atomic mass is 10.3. The molecule has 1 aromatic carbocycles. The Bertz CT molecular complexity index is 437. The van der Waals surface area contributed by atoms with Gasteiger partial charge in [-0.1, -0.05) is 0 Å². The van der Waals surface area contributed by atoms with E-state index >= 15 is 0 Å². The molecule has 5 heteroatoms. The van der Waals surface area contributed by atoms with Gasteiger partial charge in [0.05, 0.1) is 10.2 Å². The van der Waals surface area contributed by atoms with E-state index in [9.17, 15) is 13.2 Å². The maximum Gasteiger partial charge on any atom is 0.186 e. The van der Waals surface area contributed by atoms with E-state index < -0.39 is 17.5 Å². The molecule has 0 radical (unpaired) electrons. The molecule has 2 aromatic rings. The van der Waals surface area contributed by atoms with E-state index in [1.54, 1.807) is 0 Å². The van der Waals surface area contributed by atoms with Crippen LogP contribution in [0.5, 0.6) is 0 Å². The molecule has 1 aromatic heterocycles. The van der Waals surface area contributed by atoms with Gasteiger partial charge in [0.2, 0.25) is 0 Å². The van der Waals surface area contributed by atoms with E-state index in [1.165, 1.54) is 5.51 Å². The van der Waals surface area contributed by atoms with Crippen molar-refractivity contribution < 1.29 is 13.2 Å². The van der Waals surface area contributed by atoms with Crippen LogP contribution in [0.4, 0.5) is 13.2 Å². The molecule has 0 atom stereocenters. The Morgan fingerprint density at radius 1 is 1.17 bits per heavy atom. The van der Waals surface area contributed by atoms with Gasteiger partial charge in [-0.25, -0.2) is 18.2 Å². The summed E-state index contributed by atoms with van der Waals surface area (Å²) in [7, 11) is 0. The first kappa shape index (κ1) is 7.54. The first-order valence-corrected chi connectivity index (χ1v) is 3.95. The van der Waals surface area contributed by atoms with Crippen molar-refractivity contribution in [2.75, 3.05) is 0 Å². The number of nitrogens with zero attached hydrogens (tertiary/aromatic N) is 1. The van der Waals surface area contributed by atoms with Crippen LogP contribution in [-0.4, -0.2) is 4.98 Å². The van der Waals surface area contributed by atoms with Crippen molar-refractivity contribution in [1.82, 2.24) is 4.98 Å². The molecular weight excluding hydrogens is 187 g/mol. The molecule has 0 unspecified atom stereocenters. The molecule has 2 rings (SSSR count). The third-order valence-corrected chi connectivity index (χ3v) is 2.29. The Kier molecular flexibility index (Phi) is 1.54. The Balaban J connectivity index is 2.97. The van der Waals surface area contributed by atoms with Gasteiger partial charge in [0.25, 0.3) is 0 Å². The summed E-state index contributed by atoms with van der Waals surface area (Å²) in [4.78, 5) is 3.50. The summed E-state index contributed by atoms with van der Waals surface area (Å²) < 4.78 is 38.2. The highest BCUT2D eigenvalue weighted by molar-refractivity contribution is 7.16. The Morgan fingerprint density at radius 2 is 1.92 bits per heavy atom. The zero-order valence-corrected chi connectivity index (χ0v) is 6.46. The number of benzene rings is 1. The first-order chi connectivity index (χ1) is 5.70. The summed E-state index contributed by atoms with van der Waals surface area (Å²) >= 11 is 0.944. The van der Waals surface area contributed by atoms with Gasteiger partial charge in [-0.2, -0.15) is 0 Å². The smallest absolute Gasteiger partial charge is 0.186 e. The average Bonchev–Trinajstić information content (AvgIpc) is 2.48. The minimum absolute atomic E-state index is 0.0499. The van der Waals surface area contributed by atoms with E-state index in [0.717, 1.165) is 11.3 Å². The summed E-state index contributed by atoms with van der Waals surface area (Å²) in [6, 6.07) is 0.524. The summed E-state index contributed by atoms with van der Waals surface area (Å²) in [6.07, 6.45) is 0. The number of rotatable bonds is 0. The quantitative estimate of drug-likeness (QED) is 0.580. The van der Waals surface area contributed by atoms with Gasteiger partial charge in [0.1, 0.15) is 11.3 Å². The summed E-state index contributed by atoms with van der Waals surface area (Å²) in [5, 5.41) is 0. The standard InChI is InChI=1S/C7H2F3NS/c8-3-1-4(9)7-6(5(3)10)11-2-12-7/h1-2H. The van der Waals surface area contributed by atoms with Crippen molar-refractivity contribution in [2.45, 2.75) is 0 Å². The first-order valence-electron chi connectivity index (χ1n) is 3.07. The van der Waals surface area contributed by atoms with Gasteiger partial charge in [-0.3, -0.25) is 0 Å². The predicted molar refractivity (Wildman–Crippen MR) is 39.5 cm³/mol. The normalized spacial score (nSPS) is 10.9. The van der Waals surface area contributed by atoms with Crippen LogP contribution in [-0.2, 0) is 0 Å². The molecule has 0 fully saturated rings. The topological polar surface area (TPSA) is 12.9 Å².